The van der Waals surface area contributed by atoms with E-state index in [4.69, 9.17) is 4.74 Å². The maximum Gasteiger partial charge on any atom is 0.264 e. The van der Waals surface area contributed by atoms with Gasteiger partial charge in [0.15, 0.2) is 0 Å². The van der Waals surface area contributed by atoms with Crippen molar-refractivity contribution in [3.05, 3.63) is 40.9 Å². The molecule has 0 fully saturated rings. The summed E-state index contributed by atoms with van der Waals surface area (Å²) in [5.41, 5.74) is 1.24. The number of hydrogen-bond acceptors (Lipinski definition) is 4. The van der Waals surface area contributed by atoms with E-state index < -0.39 is 0 Å². The Morgan fingerprint density at radius 1 is 1.38 bits per heavy atom. The molecular formula is C11H11N3O2. The maximum atomic E-state index is 10.9. The Morgan fingerprint density at radius 3 is 2.94 bits per heavy atom. The number of rotatable bonds is 3. The van der Waals surface area contributed by atoms with E-state index >= 15 is 0 Å². The second kappa shape index (κ2) is 4.57. The molecule has 0 aliphatic heterocycles. The Bertz CT molecular complexity index is 516. The molecule has 0 saturated carbocycles. The van der Waals surface area contributed by atoms with Crippen molar-refractivity contribution in [2.24, 2.45) is 0 Å². The van der Waals surface area contributed by atoms with Crippen molar-refractivity contribution < 1.29 is 4.74 Å². The topological polar surface area (TPSA) is 67.9 Å². The van der Waals surface area contributed by atoms with Crippen molar-refractivity contribution in [2.75, 3.05) is 6.61 Å². The van der Waals surface area contributed by atoms with Crippen molar-refractivity contribution in [1.82, 2.24) is 15.2 Å². The molecule has 2 rings (SSSR count). The van der Waals surface area contributed by atoms with E-state index in [0.717, 1.165) is 5.56 Å². The number of aromatic amines is 1. The Hall–Kier alpha value is -2.17. The minimum absolute atomic E-state index is 0.224. The molecule has 0 aliphatic rings. The van der Waals surface area contributed by atoms with Crippen LogP contribution < -0.4 is 10.3 Å². The predicted octanol–water partition coefficient (Wildman–Crippen LogP) is 1.23. The summed E-state index contributed by atoms with van der Waals surface area (Å²) in [5.74, 6) is 0.688. The Morgan fingerprint density at radius 2 is 2.25 bits per heavy atom. The molecular weight excluding hydrogens is 206 g/mol. The van der Waals surface area contributed by atoms with Crippen molar-refractivity contribution in [3.8, 4) is 17.0 Å². The van der Waals surface area contributed by atoms with Crippen LogP contribution in [0.3, 0.4) is 0 Å². The molecule has 0 saturated heterocycles. The highest BCUT2D eigenvalue weighted by Gasteiger charge is 2.01. The van der Waals surface area contributed by atoms with Gasteiger partial charge in [-0.3, -0.25) is 9.78 Å². The predicted molar refractivity (Wildman–Crippen MR) is 59.3 cm³/mol. The Balaban J connectivity index is 2.36. The number of ether oxygens (including phenoxy) is 1. The van der Waals surface area contributed by atoms with Crippen LogP contribution in [-0.4, -0.2) is 21.8 Å². The normalized spacial score (nSPS) is 10.1. The van der Waals surface area contributed by atoms with E-state index in [1.165, 1.54) is 6.07 Å². The number of nitrogens with zero attached hydrogens (tertiary/aromatic N) is 2. The van der Waals surface area contributed by atoms with Crippen molar-refractivity contribution in [2.45, 2.75) is 6.92 Å². The number of H-pyrrole nitrogens is 1. The summed E-state index contributed by atoms with van der Waals surface area (Å²) in [6.07, 6.45) is 3.31. The third-order valence-corrected chi connectivity index (χ3v) is 2.00. The number of hydrogen-bond donors (Lipinski definition) is 1. The van der Waals surface area contributed by atoms with Gasteiger partial charge in [0.05, 0.1) is 18.5 Å². The minimum atomic E-state index is -0.224. The van der Waals surface area contributed by atoms with Crippen LogP contribution in [0.25, 0.3) is 11.3 Å². The highest BCUT2D eigenvalue weighted by Crippen LogP contribution is 2.19. The summed E-state index contributed by atoms with van der Waals surface area (Å²) in [4.78, 5) is 14.9. The summed E-state index contributed by atoms with van der Waals surface area (Å²) in [7, 11) is 0. The monoisotopic (exact) mass is 217 g/mol. The number of aromatic nitrogens is 3. The largest absolute Gasteiger partial charge is 0.492 e. The molecule has 2 aromatic heterocycles. The molecule has 1 N–H and O–H groups in total. The summed E-state index contributed by atoms with van der Waals surface area (Å²) < 4.78 is 5.33. The molecule has 2 heterocycles. The lowest BCUT2D eigenvalue weighted by molar-refractivity contribution is 0.339. The third-order valence-electron chi connectivity index (χ3n) is 2.00. The molecule has 82 valence electrons. The van der Waals surface area contributed by atoms with Crippen LogP contribution in [0, 0.1) is 0 Å². The second-order valence-corrected chi connectivity index (χ2v) is 3.15. The molecule has 0 spiro atoms. The first-order chi connectivity index (χ1) is 7.79. The fourth-order valence-corrected chi connectivity index (χ4v) is 1.31. The first-order valence-electron chi connectivity index (χ1n) is 4.93. The number of pyridine rings is 1. The van der Waals surface area contributed by atoms with Crippen LogP contribution in [0.4, 0.5) is 0 Å². The summed E-state index contributed by atoms with van der Waals surface area (Å²) >= 11 is 0. The molecule has 0 bridgehead atoms. The minimum Gasteiger partial charge on any atom is -0.492 e. The van der Waals surface area contributed by atoms with Crippen LogP contribution in [-0.2, 0) is 0 Å². The number of nitrogens with one attached hydrogen (secondary N) is 1. The van der Waals surface area contributed by atoms with Gasteiger partial charge in [-0.05, 0) is 19.1 Å². The van der Waals surface area contributed by atoms with Crippen molar-refractivity contribution in [1.29, 1.82) is 0 Å². The van der Waals surface area contributed by atoms with Crippen LogP contribution in [0.5, 0.6) is 5.75 Å². The van der Waals surface area contributed by atoms with E-state index in [1.807, 2.05) is 13.0 Å². The van der Waals surface area contributed by atoms with Crippen LogP contribution in [0.2, 0.25) is 0 Å². The van der Waals surface area contributed by atoms with Gasteiger partial charge in [-0.15, -0.1) is 0 Å². The quantitative estimate of drug-likeness (QED) is 0.839. The van der Waals surface area contributed by atoms with E-state index in [-0.39, 0.29) is 5.56 Å². The van der Waals surface area contributed by atoms with Crippen LogP contribution in [0.15, 0.2) is 35.4 Å². The Labute approximate surface area is 92.1 Å². The van der Waals surface area contributed by atoms with Gasteiger partial charge < -0.3 is 4.74 Å². The molecule has 5 nitrogen and oxygen atoms in total. The van der Waals surface area contributed by atoms with Crippen molar-refractivity contribution in [3.63, 3.8) is 0 Å². The van der Waals surface area contributed by atoms with Gasteiger partial charge >= 0.3 is 0 Å². The molecule has 0 radical (unpaired) electrons. The summed E-state index contributed by atoms with van der Waals surface area (Å²) in [6, 6.07) is 4.90. The van der Waals surface area contributed by atoms with E-state index in [2.05, 4.69) is 15.2 Å². The van der Waals surface area contributed by atoms with Crippen molar-refractivity contribution >= 4 is 0 Å². The van der Waals surface area contributed by atoms with Gasteiger partial charge in [-0.1, -0.05) is 0 Å². The molecule has 16 heavy (non-hydrogen) atoms. The maximum absolute atomic E-state index is 10.9. The summed E-state index contributed by atoms with van der Waals surface area (Å²) in [5, 5.41) is 6.29. The molecule has 0 aliphatic carbocycles. The molecule has 0 amide bonds. The molecule has 0 aromatic carbocycles. The highest BCUT2D eigenvalue weighted by atomic mass is 16.5. The average molecular weight is 217 g/mol. The first-order valence-corrected chi connectivity index (χ1v) is 4.93. The zero-order valence-electron chi connectivity index (χ0n) is 8.80. The molecule has 5 heteroatoms. The van der Waals surface area contributed by atoms with Gasteiger partial charge in [-0.2, -0.15) is 5.10 Å². The standard InChI is InChI=1S/C11H11N3O2/c1-2-16-9-5-8(6-12-7-9)10-3-4-11(15)14-13-10/h3-7H,2H2,1H3,(H,14,15). The fraction of sp³-hybridized carbons (Fsp3) is 0.182. The van der Waals surface area contributed by atoms with E-state index in [1.54, 1.807) is 18.5 Å². The molecule has 0 unspecified atom stereocenters. The van der Waals surface area contributed by atoms with Gasteiger partial charge in [0.1, 0.15) is 5.75 Å². The molecule has 2 aromatic rings. The van der Waals surface area contributed by atoms with Gasteiger partial charge in [0, 0.05) is 17.8 Å². The smallest absolute Gasteiger partial charge is 0.264 e. The van der Waals surface area contributed by atoms with E-state index in [9.17, 15) is 4.79 Å². The first kappa shape index (κ1) is 10.4. The SMILES string of the molecule is CCOc1cncc(-c2ccc(=O)[nH]n2)c1. The highest BCUT2D eigenvalue weighted by molar-refractivity contribution is 5.58. The van der Waals surface area contributed by atoms with Gasteiger partial charge in [0.25, 0.3) is 5.56 Å². The lowest BCUT2D eigenvalue weighted by Crippen LogP contribution is -2.05. The average Bonchev–Trinajstić information content (AvgIpc) is 2.31. The third kappa shape index (κ3) is 2.25. The fourth-order valence-electron chi connectivity index (χ4n) is 1.31. The second-order valence-electron chi connectivity index (χ2n) is 3.15. The summed E-state index contributed by atoms with van der Waals surface area (Å²) in [6.45, 7) is 2.50. The lowest BCUT2D eigenvalue weighted by atomic mass is 10.2. The van der Waals surface area contributed by atoms with Gasteiger partial charge in [0.2, 0.25) is 0 Å². The Kier molecular flexibility index (Phi) is 2.95. The van der Waals surface area contributed by atoms with Crippen LogP contribution in [0.1, 0.15) is 6.92 Å². The van der Waals surface area contributed by atoms with Crippen LogP contribution >= 0.6 is 0 Å². The zero-order valence-corrected chi connectivity index (χ0v) is 8.80. The van der Waals surface area contributed by atoms with E-state index in [0.29, 0.717) is 18.1 Å². The lowest BCUT2D eigenvalue weighted by Gasteiger charge is -2.04. The zero-order chi connectivity index (χ0) is 11.4. The van der Waals surface area contributed by atoms with Gasteiger partial charge in [-0.25, -0.2) is 5.10 Å². The molecule has 0 atom stereocenters.